The first-order chi connectivity index (χ1) is 12.0. The normalized spacial score (nSPS) is 18.2. The largest absolute Gasteiger partial charge is 0.479 e. The number of nitrogens with zero attached hydrogens (tertiary/aromatic N) is 3. The van der Waals surface area contributed by atoms with Crippen molar-refractivity contribution in [1.29, 1.82) is 0 Å². The van der Waals surface area contributed by atoms with E-state index in [1.807, 2.05) is 31.3 Å². The molecule has 2 heterocycles. The Morgan fingerprint density at radius 1 is 1.28 bits per heavy atom. The van der Waals surface area contributed by atoms with Crippen LogP contribution in [0.5, 0.6) is 0 Å². The van der Waals surface area contributed by atoms with Gasteiger partial charge >= 0.3 is 5.97 Å². The number of carboxylic acid groups (broad SMARTS) is 1. The fourth-order valence-corrected chi connectivity index (χ4v) is 3.50. The highest BCUT2D eigenvalue weighted by atomic mass is 16.4. The van der Waals surface area contributed by atoms with Gasteiger partial charge in [-0.1, -0.05) is 42.0 Å². The van der Waals surface area contributed by atoms with Crippen LogP contribution in [0.4, 0.5) is 0 Å². The Labute approximate surface area is 148 Å². The first kappa shape index (κ1) is 17.4. The maximum Gasteiger partial charge on any atom is 0.331 e. The van der Waals surface area contributed by atoms with Crippen LogP contribution in [0.25, 0.3) is 6.08 Å². The average molecular weight is 339 g/mol. The van der Waals surface area contributed by atoms with Crippen molar-refractivity contribution in [1.82, 2.24) is 14.7 Å². The molecule has 1 aliphatic rings. The van der Waals surface area contributed by atoms with Gasteiger partial charge in [-0.15, -0.1) is 0 Å². The molecule has 0 amide bonds. The number of hydrogen-bond acceptors (Lipinski definition) is 3. The number of aryl methyl sites for hydroxylation is 1. The Balaban J connectivity index is 1.66. The lowest BCUT2D eigenvalue weighted by Gasteiger charge is -2.39. The Morgan fingerprint density at radius 2 is 1.96 bits per heavy atom. The van der Waals surface area contributed by atoms with Crippen molar-refractivity contribution in [2.24, 2.45) is 0 Å². The van der Waals surface area contributed by atoms with Crippen LogP contribution in [0, 0.1) is 6.92 Å². The highest BCUT2D eigenvalue weighted by molar-refractivity contribution is 5.76. The van der Waals surface area contributed by atoms with Gasteiger partial charge in [0.15, 0.2) is 5.54 Å². The third-order valence-electron chi connectivity index (χ3n) is 4.92. The van der Waals surface area contributed by atoms with Crippen LogP contribution < -0.4 is 0 Å². The summed E-state index contributed by atoms with van der Waals surface area (Å²) in [6.07, 6.45) is 6.90. The molecule has 3 rings (SSSR count). The molecule has 0 radical (unpaired) electrons. The number of likely N-dealkylation sites (tertiary alicyclic amines) is 1. The number of hydrogen-bond donors (Lipinski definition) is 1. The molecule has 0 spiro atoms. The molecule has 1 fully saturated rings. The lowest BCUT2D eigenvalue weighted by atomic mass is 9.87. The zero-order chi connectivity index (χ0) is 17.9. The molecule has 1 aromatic carbocycles. The molecule has 1 N–H and O–H groups in total. The van der Waals surface area contributed by atoms with Crippen LogP contribution in [0.1, 0.15) is 30.9 Å². The van der Waals surface area contributed by atoms with E-state index in [0.29, 0.717) is 12.8 Å². The van der Waals surface area contributed by atoms with Crippen molar-refractivity contribution in [3.8, 4) is 0 Å². The van der Waals surface area contributed by atoms with Gasteiger partial charge in [0.1, 0.15) is 0 Å². The summed E-state index contributed by atoms with van der Waals surface area (Å²) < 4.78 is 1.65. The molecule has 5 heteroatoms. The van der Waals surface area contributed by atoms with E-state index in [2.05, 4.69) is 35.1 Å². The van der Waals surface area contributed by atoms with Gasteiger partial charge in [-0.05, 0) is 37.8 Å². The van der Waals surface area contributed by atoms with E-state index in [9.17, 15) is 9.90 Å². The van der Waals surface area contributed by atoms with Gasteiger partial charge in [0.25, 0.3) is 0 Å². The van der Waals surface area contributed by atoms with E-state index in [0.717, 1.165) is 25.2 Å². The molecule has 1 aliphatic heterocycles. The fraction of sp³-hybridized carbons (Fsp3) is 0.400. The van der Waals surface area contributed by atoms with E-state index in [-0.39, 0.29) is 0 Å². The first-order valence-corrected chi connectivity index (χ1v) is 8.69. The molecule has 0 bridgehead atoms. The second kappa shape index (κ2) is 7.23. The number of rotatable bonds is 5. The second-order valence-electron chi connectivity index (χ2n) is 6.98. The summed E-state index contributed by atoms with van der Waals surface area (Å²) in [6, 6.07) is 10.3. The summed E-state index contributed by atoms with van der Waals surface area (Å²) in [4.78, 5) is 14.3. The van der Waals surface area contributed by atoms with Crippen LogP contribution >= 0.6 is 0 Å². The van der Waals surface area contributed by atoms with Crippen LogP contribution in [0.2, 0.25) is 0 Å². The number of aliphatic carboxylic acids is 1. The summed E-state index contributed by atoms with van der Waals surface area (Å²) in [6.45, 7) is 6.44. The minimum absolute atomic E-state index is 0.571. The molecule has 132 valence electrons. The molecule has 0 saturated carbocycles. The van der Waals surface area contributed by atoms with Gasteiger partial charge < -0.3 is 5.11 Å². The van der Waals surface area contributed by atoms with Crippen molar-refractivity contribution < 1.29 is 9.90 Å². The molecule has 0 atom stereocenters. The van der Waals surface area contributed by atoms with E-state index >= 15 is 0 Å². The van der Waals surface area contributed by atoms with E-state index < -0.39 is 11.5 Å². The summed E-state index contributed by atoms with van der Waals surface area (Å²) in [5.74, 6) is -0.785. The van der Waals surface area contributed by atoms with E-state index in [1.165, 1.54) is 11.1 Å². The fourth-order valence-electron chi connectivity index (χ4n) is 3.50. The van der Waals surface area contributed by atoms with Gasteiger partial charge in [-0.25, -0.2) is 4.79 Å². The number of benzene rings is 1. The lowest BCUT2D eigenvalue weighted by Crippen LogP contribution is -2.51. The van der Waals surface area contributed by atoms with Gasteiger partial charge in [-0.3, -0.25) is 9.58 Å². The second-order valence-corrected chi connectivity index (χ2v) is 6.98. The lowest BCUT2D eigenvalue weighted by molar-refractivity contribution is -0.151. The smallest absolute Gasteiger partial charge is 0.331 e. The van der Waals surface area contributed by atoms with Gasteiger partial charge in [0, 0.05) is 25.8 Å². The summed E-state index contributed by atoms with van der Waals surface area (Å²) >= 11 is 0. The quantitative estimate of drug-likeness (QED) is 0.909. The Hall–Kier alpha value is -2.40. The molecule has 5 nitrogen and oxygen atoms in total. The van der Waals surface area contributed by atoms with Crippen molar-refractivity contribution in [3.63, 3.8) is 0 Å². The van der Waals surface area contributed by atoms with Crippen molar-refractivity contribution in [3.05, 3.63) is 59.4 Å². The minimum Gasteiger partial charge on any atom is -0.479 e. The number of piperidine rings is 1. The summed E-state index contributed by atoms with van der Waals surface area (Å²) in [5.41, 5.74) is 2.56. The standard InChI is InChI=1S/C20H25N3O2/c1-16(12-18-6-4-3-5-7-18)14-22-10-8-20(9-11-22,19(24)25)23-15-17(2)13-21-23/h3-7,12-13,15H,8-11,14H2,1-2H3,(H,24,25). The third-order valence-corrected chi connectivity index (χ3v) is 4.92. The van der Waals surface area contributed by atoms with Gasteiger partial charge in [0.2, 0.25) is 0 Å². The highest BCUT2D eigenvalue weighted by Crippen LogP contribution is 2.30. The molecule has 1 saturated heterocycles. The average Bonchev–Trinajstić information content (AvgIpc) is 3.03. The Kier molecular flexibility index (Phi) is 5.04. The van der Waals surface area contributed by atoms with Gasteiger partial charge in [-0.2, -0.15) is 5.10 Å². The number of carboxylic acids is 1. The SMILES string of the molecule is CC(=Cc1ccccc1)CN1CCC(C(=O)O)(n2cc(C)cn2)CC1. The monoisotopic (exact) mass is 339 g/mol. The number of carbonyl (C=O) groups is 1. The molecule has 1 aromatic heterocycles. The predicted molar refractivity (Wildman–Crippen MR) is 98.3 cm³/mol. The zero-order valence-corrected chi connectivity index (χ0v) is 14.9. The molecule has 0 unspecified atom stereocenters. The minimum atomic E-state index is -0.915. The Morgan fingerprint density at radius 3 is 2.52 bits per heavy atom. The zero-order valence-electron chi connectivity index (χ0n) is 14.9. The molecule has 0 aliphatic carbocycles. The molecular formula is C20H25N3O2. The Bertz CT molecular complexity index is 756. The molecule has 2 aromatic rings. The van der Waals surface area contributed by atoms with Crippen LogP contribution in [0.15, 0.2) is 48.3 Å². The topological polar surface area (TPSA) is 58.4 Å². The highest BCUT2D eigenvalue weighted by Gasteiger charge is 2.44. The maximum absolute atomic E-state index is 12.0. The first-order valence-electron chi connectivity index (χ1n) is 8.69. The molecule has 25 heavy (non-hydrogen) atoms. The van der Waals surface area contributed by atoms with Gasteiger partial charge in [0.05, 0.1) is 6.20 Å². The van der Waals surface area contributed by atoms with Crippen LogP contribution in [0.3, 0.4) is 0 Å². The summed E-state index contributed by atoms with van der Waals surface area (Å²) in [5, 5.41) is 14.1. The third kappa shape index (κ3) is 3.82. The van der Waals surface area contributed by atoms with E-state index in [4.69, 9.17) is 0 Å². The van der Waals surface area contributed by atoms with Crippen LogP contribution in [-0.4, -0.2) is 45.4 Å². The van der Waals surface area contributed by atoms with Crippen LogP contribution in [-0.2, 0) is 10.3 Å². The predicted octanol–water partition coefficient (Wildman–Crippen LogP) is 3.17. The van der Waals surface area contributed by atoms with E-state index in [1.54, 1.807) is 10.9 Å². The number of aromatic nitrogens is 2. The maximum atomic E-state index is 12.0. The van der Waals surface area contributed by atoms with Crippen molar-refractivity contribution in [2.45, 2.75) is 32.2 Å². The van der Waals surface area contributed by atoms with Crippen molar-refractivity contribution >= 4 is 12.0 Å². The molecular weight excluding hydrogens is 314 g/mol. The van der Waals surface area contributed by atoms with Crippen molar-refractivity contribution in [2.75, 3.05) is 19.6 Å². The summed E-state index contributed by atoms with van der Waals surface area (Å²) in [7, 11) is 0.